The predicted octanol–water partition coefficient (Wildman–Crippen LogP) is 0.139. The van der Waals surface area contributed by atoms with Crippen LogP contribution in [0.2, 0.25) is 0 Å². The summed E-state index contributed by atoms with van der Waals surface area (Å²) in [5.41, 5.74) is 5.10. The Hall–Kier alpha value is -0.630. The monoisotopic (exact) mass is 186 g/mol. The molecule has 0 saturated carbocycles. The second kappa shape index (κ2) is 5.18. The Morgan fingerprint density at radius 2 is 1.69 bits per heavy atom. The van der Waals surface area contributed by atoms with Crippen molar-refractivity contribution in [1.29, 1.82) is 5.26 Å². The van der Waals surface area contributed by atoms with Crippen molar-refractivity contribution in [3.05, 3.63) is 0 Å². The maximum absolute atomic E-state index is 9.16. The SMILES string of the molecule is CC(O)CC(N)(CC#N)CC(C)O. The molecule has 0 radical (unpaired) electrons. The van der Waals surface area contributed by atoms with Crippen molar-refractivity contribution in [2.75, 3.05) is 0 Å². The lowest BCUT2D eigenvalue weighted by atomic mass is 9.85. The first-order valence-electron chi connectivity index (χ1n) is 4.41. The maximum Gasteiger partial charge on any atom is 0.0641 e. The van der Waals surface area contributed by atoms with Crippen LogP contribution in [0.1, 0.15) is 33.1 Å². The molecule has 0 aliphatic carbocycles. The zero-order chi connectivity index (χ0) is 10.5. The summed E-state index contributed by atoms with van der Waals surface area (Å²) >= 11 is 0. The fourth-order valence-electron chi connectivity index (χ4n) is 1.56. The van der Waals surface area contributed by atoms with E-state index in [2.05, 4.69) is 0 Å². The van der Waals surface area contributed by atoms with Crippen molar-refractivity contribution in [2.45, 2.75) is 50.9 Å². The molecule has 0 aliphatic rings. The lowest BCUT2D eigenvalue weighted by Gasteiger charge is -2.29. The van der Waals surface area contributed by atoms with Crippen LogP contribution in [-0.2, 0) is 0 Å². The standard InChI is InChI=1S/C9H18N2O2/c1-7(12)5-9(11,3-4-10)6-8(2)13/h7-8,12-13H,3,5-6,11H2,1-2H3. The van der Waals surface area contributed by atoms with Crippen molar-refractivity contribution < 1.29 is 10.2 Å². The Labute approximate surface area is 79.0 Å². The summed E-state index contributed by atoms with van der Waals surface area (Å²) in [5, 5.41) is 26.8. The van der Waals surface area contributed by atoms with Crippen LogP contribution in [-0.4, -0.2) is 28.0 Å². The molecule has 0 saturated heterocycles. The molecule has 0 bridgehead atoms. The quantitative estimate of drug-likeness (QED) is 0.569. The van der Waals surface area contributed by atoms with E-state index in [1.165, 1.54) is 0 Å². The minimum atomic E-state index is -0.767. The number of nitriles is 1. The average molecular weight is 186 g/mol. The topological polar surface area (TPSA) is 90.3 Å². The Morgan fingerprint density at radius 3 is 1.92 bits per heavy atom. The lowest BCUT2D eigenvalue weighted by Crippen LogP contribution is -2.44. The normalized spacial score (nSPS) is 20.0. The van der Waals surface area contributed by atoms with Crippen molar-refractivity contribution >= 4 is 0 Å². The molecule has 2 atom stereocenters. The van der Waals surface area contributed by atoms with Crippen LogP contribution in [0.5, 0.6) is 0 Å². The molecule has 0 rings (SSSR count). The molecule has 4 heteroatoms. The van der Waals surface area contributed by atoms with Crippen LogP contribution in [0.25, 0.3) is 0 Å². The van der Waals surface area contributed by atoms with Gasteiger partial charge in [0.25, 0.3) is 0 Å². The van der Waals surface area contributed by atoms with Gasteiger partial charge in [-0.15, -0.1) is 0 Å². The van der Waals surface area contributed by atoms with Gasteiger partial charge in [0.05, 0.1) is 24.7 Å². The highest BCUT2D eigenvalue weighted by atomic mass is 16.3. The van der Waals surface area contributed by atoms with Crippen LogP contribution in [0.4, 0.5) is 0 Å². The Morgan fingerprint density at radius 1 is 1.31 bits per heavy atom. The van der Waals surface area contributed by atoms with E-state index in [0.717, 1.165) is 0 Å². The summed E-state index contributed by atoms with van der Waals surface area (Å²) in [7, 11) is 0. The van der Waals surface area contributed by atoms with Gasteiger partial charge in [0.1, 0.15) is 0 Å². The minimum absolute atomic E-state index is 0.156. The number of hydrogen-bond acceptors (Lipinski definition) is 4. The van der Waals surface area contributed by atoms with Crippen LogP contribution in [0.3, 0.4) is 0 Å². The van der Waals surface area contributed by atoms with Crippen molar-refractivity contribution in [1.82, 2.24) is 0 Å². The zero-order valence-corrected chi connectivity index (χ0v) is 8.20. The molecule has 4 nitrogen and oxygen atoms in total. The van der Waals surface area contributed by atoms with Crippen molar-refractivity contribution in [3.8, 4) is 6.07 Å². The van der Waals surface area contributed by atoms with E-state index in [-0.39, 0.29) is 6.42 Å². The summed E-state index contributed by atoms with van der Waals surface area (Å²) in [6.07, 6.45) is -0.256. The number of nitrogens with two attached hydrogens (primary N) is 1. The predicted molar refractivity (Wildman–Crippen MR) is 49.7 cm³/mol. The zero-order valence-electron chi connectivity index (χ0n) is 8.20. The molecule has 76 valence electrons. The fraction of sp³-hybridized carbons (Fsp3) is 0.889. The molecule has 0 aliphatic heterocycles. The highest BCUT2D eigenvalue weighted by Crippen LogP contribution is 2.20. The highest BCUT2D eigenvalue weighted by molar-refractivity contribution is 4.95. The number of aliphatic hydroxyl groups is 2. The van der Waals surface area contributed by atoms with E-state index in [1.807, 2.05) is 6.07 Å². The van der Waals surface area contributed by atoms with Gasteiger partial charge in [-0.3, -0.25) is 0 Å². The van der Waals surface area contributed by atoms with Crippen LogP contribution < -0.4 is 5.73 Å². The van der Waals surface area contributed by atoms with Gasteiger partial charge >= 0.3 is 0 Å². The van der Waals surface area contributed by atoms with Crippen LogP contribution >= 0.6 is 0 Å². The van der Waals surface area contributed by atoms with Crippen LogP contribution in [0.15, 0.2) is 0 Å². The van der Waals surface area contributed by atoms with Gasteiger partial charge in [0.15, 0.2) is 0 Å². The second-order valence-corrected chi connectivity index (χ2v) is 3.80. The van der Waals surface area contributed by atoms with Crippen molar-refractivity contribution in [3.63, 3.8) is 0 Å². The van der Waals surface area contributed by atoms with Gasteiger partial charge in [-0.05, 0) is 26.7 Å². The first-order chi connectivity index (χ1) is 5.89. The Balaban J connectivity index is 4.26. The Kier molecular flexibility index (Phi) is 4.92. The lowest BCUT2D eigenvalue weighted by molar-refractivity contribution is 0.106. The van der Waals surface area contributed by atoms with Gasteiger partial charge in [-0.1, -0.05) is 0 Å². The molecule has 0 spiro atoms. The van der Waals surface area contributed by atoms with E-state index >= 15 is 0 Å². The maximum atomic E-state index is 9.16. The van der Waals surface area contributed by atoms with E-state index in [4.69, 9.17) is 21.2 Å². The molecular formula is C9H18N2O2. The number of rotatable bonds is 5. The van der Waals surface area contributed by atoms with E-state index < -0.39 is 17.7 Å². The summed E-state index contributed by atoms with van der Waals surface area (Å²) in [6, 6.07) is 1.97. The molecular weight excluding hydrogens is 168 g/mol. The molecule has 0 aromatic carbocycles. The van der Waals surface area contributed by atoms with Crippen molar-refractivity contribution in [2.24, 2.45) is 5.73 Å². The number of aliphatic hydroxyl groups excluding tert-OH is 2. The summed E-state index contributed by atoms with van der Waals surface area (Å²) < 4.78 is 0. The Bertz CT molecular complexity index is 175. The molecule has 0 amide bonds. The molecule has 2 unspecified atom stereocenters. The molecule has 0 fully saturated rings. The molecule has 13 heavy (non-hydrogen) atoms. The summed E-state index contributed by atoms with van der Waals surface area (Å²) in [4.78, 5) is 0. The van der Waals surface area contributed by atoms with Gasteiger partial charge in [0.2, 0.25) is 0 Å². The first kappa shape index (κ1) is 12.4. The van der Waals surface area contributed by atoms with E-state index in [0.29, 0.717) is 12.8 Å². The molecule has 4 N–H and O–H groups in total. The summed E-state index contributed by atoms with van der Waals surface area (Å²) in [6.45, 7) is 3.25. The number of hydrogen-bond donors (Lipinski definition) is 3. The second-order valence-electron chi connectivity index (χ2n) is 3.80. The third kappa shape index (κ3) is 5.58. The van der Waals surface area contributed by atoms with E-state index in [1.54, 1.807) is 13.8 Å². The third-order valence-electron chi connectivity index (χ3n) is 1.83. The third-order valence-corrected chi connectivity index (χ3v) is 1.83. The van der Waals surface area contributed by atoms with Gasteiger partial charge < -0.3 is 15.9 Å². The van der Waals surface area contributed by atoms with E-state index in [9.17, 15) is 0 Å². The van der Waals surface area contributed by atoms with Gasteiger partial charge in [0, 0.05) is 5.54 Å². The fourth-order valence-corrected chi connectivity index (χ4v) is 1.56. The molecule has 0 heterocycles. The first-order valence-corrected chi connectivity index (χ1v) is 4.41. The summed E-state index contributed by atoms with van der Waals surface area (Å²) in [5.74, 6) is 0. The van der Waals surface area contributed by atoms with Gasteiger partial charge in [-0.25, -0.2) is 0 Å². The number of nitrogens with zero attached hydrogens (tertiary/aromatic N) is 1. The van der Waals surface area contributed by atoms with Crippen LogP contribution in [0, 0.1) is 11.3 Å². The average Bonchev–Trinajstić information content (AvgIpc) is 1.81. The van der Waals surface area contributed by atoms with Gasteiger partial charge in [-0.2, -0.15) is 5.26 Å². The highest BCUT2D eigenvalue weighted by Gasteiger charge is 2.28. The largest absolute Gasteiger partial charge is 0.393 e. The molecule has 0 aromatic heterocycles. The smallest absolute Gasteiger partial charge is 0.0641 e. The minimum Gasteiger partial charge on any atom is -0.393 e. The molecule has 0 aromatic rings.